The standard InChI is InChI=1S/C16H25N5O2/c1-12(2)19-15(22)21-8-5-16(11-21)9-13(10-23-16)20(3)14-17-6-4-7-18-14/h4,6-7,12-13H,5,8-11H2,1-3H3,(H,19,22)/t13-,16+/m1/s1. The lowest BCUT2D eigenvalue weighted by atomic mass is 9.97. The molecule has 0 unspecified atom stereocenters. The number of hydrogen-bond donors (Lipinski definition) is 1. The van der Waals surface area contributed by atoms with Crippen LogP contribution in [0.3, 0.4) is 0 Å². The summed E-state index contributed by atoms with van der Waals surface area (Å²) in [4.78, 5) is 24.7. The third-order valence-electron chi connectivity index (χ3n) is 4.62. The van der Waals surface area contributed by atoms with Crippen LogP contribution in [0.2, 0.25) is 0 Å². The van der Waals surface area contributed by atoms with Crippen molar-refractivity contribution in [1.29, 1.82) is 0 Å². The first kappa shape index (κ1) is 16.0. The number of nitrogens with one attached hydrogen (secondary N) is 1. The fourth-order valence-corrected chi connectivity index (χ4v) is 3.35. The van der Waals surface area contributed by atoms with E-state index in [1.165, 1.54) is 0 Å². The van der Waals surface area contributed by atoms with Crippen LogP contribution < -0.4 is 10.2 Å². The number of hydrogen-bond acceptors (Lipinski definition) is 5. The van der Waals surface area contributed by atoms with E-state index in [9.17, 15) is 4.79 Å². The molecule has 1 spiro atoms. The van der Waals surface area contributed by atoms with Crippen molar-refractivity contribution in [3.63, 3.8) is 0 Å². The van der Waals surface area contributed by atoms with E-state index in [1.54, 1.807) is 12.4 Å². The Labute approximate surface area is 137 Å². The van der Waals surface area contributed by atoms with E-state index in [0.717, 1.165) is 19.4 Å². The number of rotatable bonds is 3. The second-order valence-electron chi connectivity index (χ2n) is 6.79. The molecule has 2 aliphatic heterocycles. The van der Waals surface area contributed by atoms with Crippen LogP contribution in [0.4, 0.5) is 10.7 Å². The summed E-state index contributed by atoms with van der Waals surface area (Å²) in [6, 6.07) is 2.21. The van der Waals surface area contributed by atoms with Crippen molar-refractivity contribution in [2.45, 2.75) is 44.4 Å². The molecule has 23 heavy (non-hydrogen) atoms. The van der Waals surface area contributed by atoms with Gasteiger partial charge in [-0.15, -0.1) is 0 Å². The molecular formula is C16H25N5O2. The van der Waals surface area contributed by atoms with Crippen LogP contribution in [0.5, 0.6) is 0 Å². The number of ether oxygens (including phenoxy) is 1. The van der Waals surface area contributed by atoms with Crippen LogP contribution in [-0.2, 0) is 4.74 Å². The molecule has 7 heteroatoms. The van der Waals surface area contributed by atoms with Crippen LogP contribution >= 0.6 is 0 Å². The maximum absolute atomic E-state index is 12.2. The molecule has 1 aromatic heterocycles. The molecule has 2 atom stereocenters. The zero-order valence-corrected chi connectivity index (χ0v) is 14.0. The molecule has 1 aromatic rings. The largest absolute Gasteiger partial charge is 0.371 e. The predicted octanol–water partition coefficient (Wildman–Crippen LogP) is 1.26. The highest BCUT2D eigenvalue weighted by molar-refractivity contribution is 5.75. The smallest absolute Gasteiger partial charge is 0.317 e. The highest BCUT2D eigenvalue weighted by Crippen LogP contribution is 2.37. The minimum Gasteiger partial charge on any atom is -0.371 e. The maximum Gasteiger partial charge on any atom is 0.317 e. The van der Waals surface area contributed by atoms with Gasteiger partial charge >= 0.3 is 6.03 Å². The van der Waals surface area contributed by atoms with Gasteiger partial charge in [0.1, 0.15) is 0 Å². The van der Waals surface area contributed by atoms with E-state index in [2.05, 4.69) is 20.2 Å². The Hall–Kier alpha value is -1.89. The molecule has 2 saturated heterocycles. The van der Waals surface area contributed by atoms with Gasteiger partial charge in [0.2, 0.25) is 5.95 Å². The van der Waals surface area contributed by atoms with Crippen LogP contribution in [0.25, 0.3) is 0 Å². The molecule has 2 amide bonds. The Bertz CT molecular complexity index is 553. The summed E-state index contributed by atoms with van der Waals surface area (Å²) in [5, 5.41) is 2.95. The lowest BCUT2D eigenvalue weighted by Gasteiger charge is -2.26. The van der Waals surface area contributed by atoms with Gasteiger partial charge in [0.05, 0.1) is 24.8 Å². The number of likely N-dealkylation sites (tertiary alicyclic amines) is 1. The zero-order chi connectivity index (χ0) is 16.4. The first-order chi connectivity index (χ1) is 11.0. The Balaban J connectivity index is 1.60. The second-order valence-corrected chi connectivity index (χ2v) is 6.79. The molecule has 1 N–H and O–H groups in total. The Kier molecular flexibility index (Phi) is 4.39. The molecule has 0 radical (unpaired) electrons. The zero-order valence-electron chi connectivity index (χ0n) is 14.0. The number of nitrogens with zero attached hydrogens (tertiary/aromatic N) is 4. The van der Waals surface area contributed by atoms with E-state index >= 15 is 0 Å². The van der Waals surface area contributed by atoms with E-state index in [-0.39, 0.29) is 23.7 Å². The summed E-state index contributed by atoms with van der Waals surface area (Å²) in [5.74, 6) is 0.713. The highest BCUT2D eigenvalue weighted by atomic mass is 16.5. The van der Waals surface area contributed by atoms with Crippen molar-refractivity contribution in [2.75, 3.05) is 31.6 Å². The fraction of sp³-hybridized carbons (Fsp3) is 0.688. The van der Waals surface area contributed by atoms with Gasteiger partial charge in [0, 0.05) is 38.4 Å². The number of aromatic nitrogens is 2. The number of anilines is 1. The van der Waals surface area contributed by atoms with Gasteiger partial charge in [0.25, 0.3) is 0 Å². The molecule has 7 nitrogen and oxygen atoms in total. The summed E-state index contributed by atoms with van der Waals surface area (Å²) in [7, 11) is 2.00. The van der Waals surface area contributed by atoms with Crippen molar-refractivity contribution in [2.24, 2.45) is 0 Å². The van der Waals surface area contributed by atoms with E-state index in [1.807, 2.05) is 31.9 Å². The third kappa shape index (κ3) is 3.39. The Morgan fingerprint density at radius 1 is 1.48 bits per heavy atom. The molecule has 2 fully saturated rings. The van der Waals surface area contributed by atoms with Gasteiger partial charge in [-0.3, -0.25) is 0 Å². The van der Waals surface area contributed by atoms with Crippen LogP contribution in [0.15, 0.2) is 18.5 Å². The second kappa shape index (κ2) is 6.31. The number of likely N-dealkylation sites (N-methyl/N-ethyl adjacent to an activating group) is 1. The molecular weight excluding hydrogens is 294 g/mol. The minimum atomic E-state index is -0.220. The van der Waals surface area contributed by atoms with Crippen molar-refractivity contribution in [3.05, 3.63) is 18.5 Å². The molecule has 126 valence electrons. The Morgan fingerprint density at radius 2 is 2.22 bits per heavy atom. The van der Waals surface area contributed by atoms with E-state index < -0.39 is 0 Å². The summed E-state index contributed by atoms with van der Waals surface area (Å²) in [6.45, 7) is 6.00. The summed E-state index contributed by atoms with van der Waals surface area (Å²) >= 11 is 0. The predicted molar refractivity (Wildman–Crippen MR) is 87.4 cm³/mol. The fourth-order valence-electron chi connectivity index (χ4n) is 3.35. The number of urea groups is 1. The van der Waals surface area contributed by atoms with Gasteiger partial charge in [-0.25, -0.2) is 14.8 Å². The van der Waals surface area contributed by atoms with E-state index in [4.69, 9.17) is 4.74 Å². The third-order valence-corrected chi connectivity index (χ3v) is 4.62. The quantitative estimate of drug-likeness (QED) is 0.908. The van der Waals surface area contributed by atoms with Crippen molar-refractivity contribution >= 4 is 12.0 Å². The normalized spacial score (nSPS) is 27.0. The van der Waals surface area contributed by atoms with Crippen LogP contribution in [-0.4, -0.2) is 65.3 Å². The number of carbonyl (C=O) groups excluding carboxylic acids is 1. The molecule has 0 aliphatic carbocycles. The van der Waals surface area contributed by atoms with Crippen molar-refractivity contribution in [1.82, 2.24) is 20.2 Å². The van der Waals surface area contributed by atoms with Crippen LogP contribution in [0, 0.1) is 0 Å². The number of amides is 2. The maximum atomic E-state index is 12.2. The molecule has 0 aromatic carbocycles. The van der Waals surface area contributed by atoms with Gasteiger partial charge in [-0.1, -0.05) is 0 Å². The van der Waals surface area contributed by atoms with Crippen molar-refractivity contribution in [3.8, 4) is 0 Å². The SMILES string of the molecule is CC(C)NC(=O)N1CC[C@]2(C[C@@H](N(C)c3ncccn3)CO2)C1. The lowest BCUT2D eigenvalue weighted by molar-refractivity contribution is 0.0148. The first-order valence-electron chi connectivity index (χ1n) is 8.18. The summed E-state index contributed by atoms with van der Waals surface area (Å²) in [6.07, 6.45) is 5.28. The molecule has 3 heterocycles. The van der Waals surface area contributed by atoms with Crippen LogP contribution in [0.1, 0.15) is 26.7 Å². The molecule has 0 bridgehead atoms. The van der Waals surface area contributed by atoms with Gasteiger partial charge in [0.15, 0.2) is 0 Å². The molecule has 3 rings (SSSR count). The summed E-state index contributed by atoms with van der Waals surface area (Å²) < 4.78 is 6.12. The van der Waals surface area contributed by atoms with Crippen molar-refractivity contribution < 1.29 is 9.53 Å². The average molecular weight is 319 g/mol. The van der Waals surface area contributed by atoms with Gasteiger partial charge in [-0.2, -0.15) is 0 Å². The topological polar surface area (TPSA) is 70.6 Å². The first-order valence-corrected chi connectivity index (χ1v) is 8.18. The molecule has 0 saturated carbocycles. The lowest BCUT2D eigenvalue weighted by Crippen LogP contribution is -2.44. The van der Waals surface area contributed by atoms with Gasteiger partial charge in [-0.05, 0) is 26.3 Å². The minimum absolute atomic E-state index is 0.00340. The number of carbonyl (C=O) groups is 1. The summed E-state index contributed by atoms with van der Waals surface area (Å²) in [5.41, 5.74) is -0.220. The Morgan fingerprint density at radius 3 is 2.91 bits per heavy atom. The average Bonchev–Trinajstić information content (AvgIpc) is 3.15. The van der Waals surface area contributed by atoms with E-state index in [0.29, 0.717) is 19.1 Å². The van der Waals surface area contributed by atoms with Gasteiger partial charge < -0.3 is 19.9 Å². The molecule has 2 aliphatic rings. The highest BCUT2D eigenvalue weighted by Gasteiger charge is 2.48. The monoisotopic (exact) mass is 319 g/mol.